The maximum atomic E-state index is 13.4. The summed E-state index contributed by atoms with van der Waals surface area (Å²) in [7, 11) is -3.10. The van der Waals surface area contributed by atoms with Crippen LogP contribution in [0.15, 0.2) is 66.7 Å². The van der Waals surface area contributed by atoms with Gasteiger partial charge >= 0.3 is 0 Å². The summed E-state index contributed by atoms with van der Waals surface area (Å²) in [6.45, 7) is 2.91. The molecule has 1 atom stereocenters. The summed E-state index contributed by atoms with van der Waals surface area (Å²) in [5, 5.41) is 2.15. The van der Waals surface area contributed by atoms with E-state index < -0.39 is 9.84 Å². The number of fused-ring (bicyclic) bond motifs is 1. The van der Waals surface area contributed by atoms with Crippen molar-refractivity contribution in [1.29, 1.82) is 0 Å². The van der Waals surface area contributed by atoms with Crippen LogP contribution in [0.4, 0.5) is 0 Å². The molecule has 1 saturated heterocycles. The highest BCUT2D eigenvalue weighted by Crippen LogP contribution is 2.24. The number of carbonyl (C=O) groups is 1. The summed E-state index contributed by atoms with van der Waals surface area (Å²) in [4.78, 5) is 15.2. The number of nitrogens with zero attached hydrogens (tertiary/aromatic N) is 1. The predicted molar refractivity (Wildman–Crippen MR) is 123 cm³/mol. The van der Waals surface area contributed by atoms with E-state index in [4.69, 9.17) is 4.74 Å². The summed E-state index contributed by atoms with van der Waals surface area (Å²) < 4.78 is 29.7. The SMILES string of the molecule is CCOc1ccc(CN(C(=O)Cc2cccc3ccccc23)[C@H]2CCS(=O)(=O)C2)cc1. The average molecular weight is 438 g/mol. The largest absolute Gasteiger partial charge is 0.494 e. The molecule has 1 fully saturated rings. The third-order valence-electron chi connectivity index (χ3n) is 5.78. The second-order valence-electron chi connectivity index (χ2n) is 7.97. The number of benzene rings is 3. The Balaban J connectivity index is 1.59. The summed E-state index contributed by atoms with van der Waals surface area (Å²) in [6.07, 6.45) is 0.732. The Bertz CT molecular complexity index is 1170. The molecule has 0 bridgehead atoms. The molecule has 0 aliphatic carbocycles. The first-order valence-corrected chi connectivity index (χ1v) is 12.5. The van der Waals surface area contributed by atoms with Gasteiger partial charge in [0.1, 0.15) is 5.75 Å². The van der Waals surface area contributed by atoms with Crippen LogP contribution in [-0.2, 0) is 27.6 Å². The molecule has 1 aliphatic rings. The molecule has 3 aromatic rings. The third-order valence-corrected chi connectivity index (χ3v) is 7.53. The fourth-order valence-corrected chi connectivity index (χ4v) is 5.94. The fourth-order valence-electron chi connectivity index (χ4n) is 4.21. The summed E-state index contributed by atoms with van der Waals surface area (Å²) in [6, 6.07) is 21.3. The number of amides is 1. The van der Waals surface area contributed by atoms with Crippen LogP contribution in [0.3, 0.4) is 0 Å². The topological polar surface area (TPSA) is 63.7 Å². The van der Waals surface area contributed by atoms with Crippen molar-refractivity contribution in [2.75, 3.05) is 18.1 Å². The number of rotatable bonds is 7. The van der Waals surface area contributed by atoms with Gasteiger partial charge in [0.05, 0.1) is 24.5 Å². The molecule has 4 rings (SSSR count). The monoisotopic (exact) mass is 437 g/mol. The van der Waals surface area contributed by atoms with Gasteiger partial charge in [-0.3, -0.25) is 4.79 Å². The number of ether oxygens (including phenoxy) is 1. The van der Waals surface area contributed by atoms with Crippen molar-refractivity contribution in [3.05, 3.63) is 77.9 Å². The quantitative estimate of drug-likeness (QED) is 0.561. The Kier molecular flexibility index (Phi) is 6.28. The number of carbonyl (C=O) groups excluding carboxylic acids is 1. The number of hydrogen-bond donors (Lipinski definition) is 0. The lowest BCUT2D eigenvalue weighted by Gasteiger charge is -2.29. The Morgan fingerprint density at radius 2 is 1.77 bits per heavy atom. The Morgan fingerprint density at radius 1 is 1.03 bits per heavy atom. The molecular formula is C25H27NO4S. The molecule has 1 heterocycles. The highest BCUT2D eigenvalue weighted by molar-refractivity contribution is 7.91. The smallest absolute Gasteiger partial charge is 0.227 e. The van der Waals surface area contributed by atoms with E-state index in [9.17, 15) is 13.2 Å². The van der Waals surface area contributed by atoms with Crippen LogP contribution in [-0.4, -0.2) is 43.4 Å². The van der Waals surface area contributed by atoms with Gasteiger partial charge in [-0.05, 0) is 47.4 Å². The van der Waals surface area contributed by atoms with E-state index in [1.54, 1.807) is 4.90 Å². The molecule has 5 nitrogen and oxygen atoms in total. The molecule has 162 valence electrons. The van der Waals surface area contributed by atoms with Crippen LogP contribution < -0.4 is 4.74 Å². The van der Waals surface area contributed by atoms with Gasteiger partial charge in [0.15, 0.2) is 9.84 Å². The van der Waals surface area contributed by atoms with Gasteiger partial charge in [-0.25, -0.2) is 8.42 Å². The first-order chi connectivity index (χ1) is 14.9. The van der Waals surface area contributed by atoms with Gasteiger partial charge in [0, 0.05) is 12.6 Å². The van der Waals surface area contributed by atoms with E-state index in [2.05, 4.69) is 0 Å². The van der Waals surface area contributed by atoms with Gasteiger partial charge in [0.2, 0.25) is 5.91 Å². The van der Waals surface area contributed by atoms with E-state index in [0.717, 1.165) is 27.6 Å². The van der Waals surface area contributed by atoms with Crippen LogP contribution in [0.1, 0.15) is 24.5 Å². The van der Waals surface area contributed by atoms with Crippen LogP contribution in [0.25, 0.3) is 10.8 Å². The molecule has 0 spiro atoms. The Labute approximate surface area is 183 Å². The lowest BCUT2D eigenvalue weighted by molar-refractivity contribution is -0.133. The molecule has 6 heteroatoms. The van der Waals surface area contributed by atoms with Crippen molar-refractivity contribution in [2.24, 2.45) is 0 Å². The normalized spacial score (nSPS) is 17.5. The van der Waals surface area contributed by atoms with Gasteiger partial charge < -0.3 is 9.64 Å². The predicted octanol–water partition coefficient (Wildman–Crippen LogP) is 4.00. The molecule has 0 N–H and O–H groups in total. The molecule has 1 amide bonds. The van der Waals surface area contributed by atoms with Gasteiger partial charge in [-0.15, -0.1) is 0 Å². The van der Waals surface area contributed by atoms with Crippen LogP contribution >= 0.6 is 0 Å². The van der Waals surface area contributed by atoms with Crippen molar-refractivity contribution in [1.82, 2.24) is 4.90 Å². The molecule has 1 aliphatic heterocycles. The minimum Gasteiger partial charge on any atom is -0.494 e. The lowest BCUT2D eigenvalue weighted by Crippen LogP contribution is -2.41. The van der Waals surface area contributed by atoms with Crippen molar-refractivity contribution in [2.45, 2.75) is 32.4 Å². The standard InChI is InChI=1S/C25H27NO4S/c1-2-30-23-12-10-19(11-13-23)17-26(22-14-15-31(28,29)18-22)25(27)16-21-8-5-7-20-6-3-4-9-24(20)21/h3-13,22H,2,14-18H2,1H3/t22-/m0/s1. The highest BCUT2D eigenvalue weighted by Gasteiger charge is 2.34. The lowest BCUT2D eigenvalue weighted by atomic mass is 10.0. The van der Waals surface area contributed by atoms with E-state index in [-0.39, 0.29) is 29.9 Å². The van der Waals surface area contributed by atoms with E-state index >= 15 is 0 Å². The van der Waals surface area contributed by atoms with Crippen LogP contribution in [0.2, 0.25) is 0 Å². The zero-order chi connectivity index (χ0) is 21.8. The molecule has 0 unspecified atom stereocenters. The average Bonchev–Trinajstić information content (AvgIpc) is 3.13. The van der Waals surface area contributed by atoms with Crippen LogP contribution in [0.5, 0.6) is 5.75 Å². The molecule has 0 aromatic heterocycles. The maximum absolute atomic E-state index is 13.4. The van der Waals surface area contributed by atoms with Gasteiger partial charge in [0.25, 0.3) is 0 Å². The van der Waals surface area contributed by atoms with E-state index in [1.165, 1.54) is 0 Å². The minimum atomic E-state index is -3.10. The molecular weight excluding hydrogens is 410 g/mol. The van der Waals surface area contributed by atoms with Crippen molar-refractivity contribution in [3.63, 3.8) is 0 Å². The Hall–Kier alpha value is -2.86. The van der Waals surface area contributed by atoms with E-state index in [1.807, 2.05) is 73.7 Å². The fraction of sp³-hybridized carbons (Fsp3) is 0.320. The third kappa shape index (κ3) is 5.07. The second-order valence-corrected chi connectivity index (χ2v) is 10.2. The Morgan fingerprint density at radius 3 is 2.48 bits per heavy atom. The zero-order valence-corrected chi connectivity index (χ0v) is 18.5. The first-order valence-electron chi connectivity index (χ1n) is 10.6. The van der Waals surface area contributed by atoms with Gasteiger partial charge in [-0.2, -0.15) is 0 Å². The van der Waals surface area contributed by atoms with E-state index in [0.29, 0.717) is 19.6 Å². The maximum Gasteiger partial charge on any atom is 0.227 e. The molecule has 3 aromatic carbocycles. The van der Waals surface area contributed by atoms with Crippen molar-refractivity contribution in [3.8, 4) is 5.75 Å². The summed E-state index contributed by atoms with van der Waals surface area (Å²) >= 11 is 0. The second kappa shape index (κ2) is 9.10. The minimum absolute atomic E-state index is 0.0330. The van der Waals surface area contributed by atoms with Gasteiger partial charge in [-0.1, -0.05) is 54.6 Å². The number of sulfone groups is 1. The zero-order valence-electron chi connectivity index (χ0n) is 17.7. The molecule has 31 heavy (non-hydrogen) atoms. The van der Waals surface area contributed by atoms with Crippen molar-refractivity contribution >= 4 is 26.5 Å². The summed E-state index contributed by atoms with van der Waals surface area (Å²) in [5.41, 5.74) is 1.92. The molecule has 0 radical (unpaired) electrons. The van der Waals surface area contributed by atoms with Crippen LogP contribution in [0, 0.1) is 0 Å². The summed E-state index contributed by atoms with van der Waals surface area (Å²) in [5.74, 6) is 0.903. The number of hydrogen-bond acceptors (Lipinski definition) is 4. The highest BCUT2D eigenvalue weighted by atomic mass is 32.2. The molecule has 0 saturated carbocycles. The first kappa shape index (κ1) is 21.4. The van der Waals surface area contributed by atoms with Crippen molar-refractivity contribution < 1.29 is 17.9 Å².